The van der Waals surface area contributed by atoms with E-state index in [9.17, 15) is 0 Å². The summed E-state index contributed by atoms with van der Waals surface area (Å²) in [5.74, 6) is 0. The second-order valence-corrected chi connectivity index (χ2v) is 11.7. The van der Waals surface area contributed by atoms with Crippen molar-refractivity contribution in [1.82, 2.24) is 0 Å². The van der Waals surface area contributed by atoms with Gasteiger partial charge in [-0.3, -0.25) is 6.08 Å². The van der Waals surface area contributed by atoms with Crippen molar-refractivity contribution in [2.45, 2.75) is 32.4 Å². The van der Waals surface area contributed by atoms with E-state index in [2.05, 4.69) is 25.2 Å². The molecule has 0 aromatic heterocycles. The van der Waals surface area contributed by atoms with Crippen LogP contribution in [0.3, 0.4) is 0 Å². The first-order valence-electron chi connectivity index (χ1n) is 3.30. The van der Waals surface area contributed by atoms with E-state index in [4.69, 9.17) is 0 Å². The first-order chi connectivity index (χ1) is 4.23. The van der Waals surface area contributed by atoms with Crippen LogP contribution in [0, 0.1) is 6.08 Å². The van der Waals surface area contributed by atoms with Crippen LogP contribution in [0.25, 0.3) is 0 Å². The molecule has 0 spiro atoms. The Bertz CT molecular complexity index is 97.5. The largest absolute Gasteiger partial charge is 0.501 e. The molecule has 0 N–H and O–H groups in total. The third-order valence-electron chi connectivity index (χ3n) is 0.814. The monoisotopic (exact) mass is 215 g/mol. The zero-order chi connectivity index (χ0) is 7.11. The second-order valence-electron chi connectivity index (χ2n) is 2.30. The van der Waals surface area contributed by atoms with Crippen molar-refractivity contribution in [1.29, 1.82) is 0 Å². The van der Waals surface area contributed by atoms with Gasteiger partial charge in [-0.1, -0.05) is 12.8 Å². The summed E-state index contributed by atoms with van der Waals surface area (Å²) in [5, 5.41) is 0. The normalized spacial score (nSPS) is 14.3. The fourth-order valence-corrected chi connectivity index (χ4v) is 0.510. The first kappa shape index (κ1) is 9.84. The Morgan fingerprint density at radius 3 is 2.22 bits per heavy atom. The van der Waals surface area contributed by atoms with E-state index in [1.165, 1.54) is 19.3 Å². The van der Waals surface area contributed by atoms with Crippen LogP contribution >= 0.6 is 0 Å². The topological polar surface area (TPSA) is 0 Å². The van der Waals surface area contributed by atoms with E-state index >= 15 is 0 Å². The fraction of sp³-hybridized carbons (Fsp3) is 0.714. The van der Waals surface area contributed by atoms with Gasteiger partial charge in [0.25, 0.3) is 0 Å². The van der Waals surface area contributed by atoms with Gasteiger partial charge >= 0.3 is 41.9 Å². The zero-order valence-corrected chi connectivity index (χ0v) is 9.66. The van der Waals surface area contributed by atoms with Crippen LogP contribution < -0.4 is 0 Å². The Hall–Kier alpha value is 0.840. The third kappa shape index (κ3) is 12.1. The Kier molecular flexibility index (Phi) is 7.60. The van der Waals surface area contributed by atoms with E-state index in [0.29, 0.717) is 0 Å². The van der Waals surface area contributed by atoms with Gasteiger partial charge < -0.3 is 6.08 Å². The molecule has 0 saturated heterocycles. The maximum absolute atomic E-state index is 3.10. The van der Waals surface area contributed by atoms with Crippen LogP contribution in [0.4, 0.5) is 0 Å². The summed E-state index contributed by atoms with van der Waals surface area (Å²) < 4.78 is 0. The molecule has 0 atom stereocenters. The maximum atomic E-state index is 3.10. The molecule has 0 fully saturated rings. The molecule has 2 heteroatoms. The maximum Gasteiger partial charge on any atom is -0.0694 e. The standard InChI is InChI=1S/C5H7.C2H6Si.Zr/c1-2-4-5-3-1;1-3-2;/h1H,2,4-5H2;1-2H3;/q-1;;. The molecule has 50 valence electrons. The molecule has 9 heavy (non-hydrogen) atoms. The van der Waals surface area contributed by atoms with Crippen LogP contribution in [0.2, 0.25) is 13.1 Å². The summed E-state index contributed by atoms with van der Waals surface area (Å²) in [5.41, 5.74) is 0.210. The average Bonchev–Trinajstić information content (AvgIpc) is 2.11. The van der Waals surface area contributed by atoms with E-state index < -0.39 is 0 Å². The Morgan fingerprint density at radius 2 is 2.11 bits per heavy atom. The Labute approximate surface area is 73.1 Å². The molecule has 1 rings (SSSR count). The van der Waals surface area contributed by atoms with Crippen molar-refractivity contribution >= 4 is 5.43 Å². The van der Waals surface area contributed by atoms with Gasteiger partial charge in [-0.15, -0.1) is 0 Å². The third-order valence-corrected chi connectivity index (χ3v) is 0.814. The van der Waals surface area contributed by atoms with Crippen LogP contribution in [0.1, 0.15) is 19.3 Å². The summed E-state index contributed by atoms with van der Waals surface area (Å²) >= 11 is 1.74. The van der Waals surface area contributed by atoms with E-state index in [-0.39, 0.29) is 5.43 Å². The first-order valence-corrected chi connectivity index (χ1v) is 9.49. The van der Waals surface area contributed by atoms with Gasteiger partial charge in [-0.05, 0) is 0 Å². The van der Waals surface area contributed by atoms with Crippen molar-refractivity contribution in [2.24, 2.45) is 0 Å². The minimum atomic E-state index is 0.210. The predicted molar refractivity (Wildman–Crippen MR) is 39.1 cm³/mol. The van der Waals surface area contributed by atoms with Crippen molar-refractivity contribution in [2.75, 3.05) is 0 Å². The Morgan fingerprint density at radius 1 is 1.56 bits per heavy atom. The molecular formula is C7H13SiZr-. The molecule has 0 unspecified atom stereocenters. The summed E-state index contributed by atoms with van der Waals surface area (Å²) in [6, 6.07) is 0. The van der Waals surface area contributed by atoms with Crippen molar-refractivity contribution in [3.8, 4) is 0 Å². The van der Waals surface area contributed by atoms with Crippen LogP contribution in [0.15, 0.2) is 6.08 Å². The molecule has 0 aromatic rings. The van der Waals surface area contributed by atoms with Gasteiger partial charge in [0.1, 0.15) is 0 Å². The van der Waals surface area contributed by atoms with Gasteiger partial charge in [-0.25, -0.2) is 0 Å². The van der Waals surface area contributed by atoms with Crippen LogP contribution in [-0.4, -0.2) is 5.43 Å². The van der Waals surface area contributed by atoms with Crippen LogP contribution in [0.5, 0.6) is 0 Å². The fourth-order valence-electron chi connectivity index (χ4n) is 0.510. The summed E-state index contributed by atoms with van der Waals surface area (Å²) in [7, 11) is 0. The quantitative estimate of drug-likeness (QED) is 0.431. The molecule has 0 amide bonds. The number of hydrogen-bond donors (Lipinski definition) is 0. The molecular weight excluding hydrogens is 203 g/mol. The van der Waals surface area contributed by atoms with Gasteiger partial charge in [0, 0.05) is 0 Å². The number of rotatable bonds is 0. The van der Waals surface area contributed by atoms with Crippen LogP contribution in [-0.2, 0) is 23.3 Å². The molecule has 0 saturated carbocycles. The zero-order valence-electron chi connectivity index (χ0n) is 6.20. The van der Waals surface area contributed by atoms with Gasteiger partial charge in [0.15, 0.2) is 0 Å². The Balaban J connectivity index is 0.000000148. The number of allylic oxidation sites excluding steroid dienone is 2. The average molecular weight is 216 g/mol. The summed E-state index contributed by atoms with van der Waals surface area (Å²) in [6.45, 7) is 4.62. The molecule has 0 radical (unpaired) electrons. The summed E-state index contributed by atoms with van der Waals surface area (Å²) in [4.78, 5) is 0. The summed E-state index contributed by atoms with van der Waals surface area (Å²) in [6.07, 6.45) is 9.00. The molecule has 0 nitrogen and oxygen atoms in total. The van der Waals surface area contributed by atoms with Gasteiger partial charge in [-0.2, -0.15) is 6.42 Å². The van der Waals surface area contributed by atoms with E-state index in [1.807, 2.05) is 0 Å². The van der Waals surface area contributed by atoms with E-state index in [1.54, 1.807) is 23.3 Å². The predicted octanol–water partition coefficient (Wildman–Crippen LogP) is 2.31. The molecule has 0 bridgehead atoms. The smallest absolute Gasteiger partial charge is 0.0694 e. The van der Waals surface area contributed by atoms with E-state index in [0.717, 1.165) is 0 Å². The SMILES string of the molecule is C[Si](C)=[Zr].[C-]1=CCCC1. The second kappa shape index (κ2) is 6.95. The molecule has 1 aliphatic carbocycles. The van der Waals surface area contributed by atoms with Crippen molar-refractivity contribution in [3.05, 3.63) is 12.2 Å². The van der Waals surface area contributed by atoms with Crippen molar-refractivity contribution < 1.29 is 23.3 Å². The van der Waals surface area contributed by atoms with Gasteiger partial charge in [0.05, 0.1) is 0 Å². The van der Waals surface area contributed by atoms with Crippen molar-refractivity contribution in [3.63, 3.8) is 0 Å². The minimum Gasteiger partial charge on any atom is -0.501 e. The molecule has 0 heterocycles. The molecule has 0 aromatic carbocycles. The minimum absolute atomic E-state index is 0.210. The number of hydrogen-bond acceptors (Lipinski definition) is 0. The van der Waals surface area contributed by atoms with Gasteiger partial charge in [0.2, 0.25) is 0 Å². The molecule has 0 aliphatic heterocycles. The molecule has 1 aliphatic rings.